The van der Waals surface area contributed by atoms with E-state index in [1.54, 1.807) is 24.3 Å². The maximum Gasteiger partial charge on any atom is 0.407 e. The molecule has 1 unspecified atom stereocenters. The Labute approximate surface area is 207 Å². The molecule has 0 aliphatic rings. The Hall–Kier alpha value is -3.20. The summed E-state index contributed by atoms with van der Waals surface area (Å²) in [6.07, 6.45) is -0.829. The summed E-state index contributed by atoms with van der Waals surface area (Å²) in [6, 6.07) is 24.3. The number of rotatable bonds is 12. The zero-order valence-corrected chi connectivity index (χ0v) is 20.6. The Kier molecular flexibility index (Phi) is 9.42. The van der Waals surface area contributed by atoms with Gasteiger partial charge in [0.25, 0.3) is 0 Å². The topological polar surface area (TPSA) is 107 Å². The van der Waals surface area contributed by atoms with Crippen molar-refractivity contribution in [3.8, 4) is 0 Å². The van der Waals surface area contributed by atoms with Crippen molar-refractivity contribution < 1.29 is 23.4 Å². The van der Waals surface area contributed by atoms with Crippen LogP contribution >= 0.6 is 0 Å². The van der Waals surface area contributed by atoms with E-state index in [4.69, 9.17) is 0 Å². The number of sulfonamides is 1. The molecular formula is C27H32N2O5S. The number of amides is 1. The van der Waals surface area contributed by atoms with Crippen LogP contribution in [0.2, 0.25) is 0 Å². The fourth-order valence-electron chi connectivity index (χ4n) is 4.07. The molecule has 0 radical (unpaired) electrons. The van der Waals surface area contributed by atoms with Crippen LogP contribution < -0.4 is 4.72 Å². The third-order valence-corrected chi connectivity index (χ3v) is 7.36. The maximum atomic E-state index is 13.1. The van der Waals surface area contributed by atoms with E-state index in [1.165, 1.54) is 4.90 Å². The highest BCUT2D eigenvalue weighted by Crippen LogP contribution is 2.19. The van der Waals surface area contributed by atoms with Crippen molar-refractivity contribution in [1.82, 2.24) is 9.62 Å². The predicted molar refractivity (Wildman–Crippen MR) is 136 cm³/mol. The molecular weight excluding hydrogens is 464 g/mol. The van der Waals surface area contributed by atoms with E-state index in [2.05, 4.69) is 4.72 Å². The first-order valence-corrected chi connectivity index (χ1v) is 13.1. The van der Waals surface area contributed by atoms with Gasteiger partial charge in [0.05, 0.1) is 17.0 Å². The highest BCUT2D eigenvalue weighted by atomic mass is 32.2. The van der Waals surface area contributed by atoms with E-state index in [1.807, 2.05) is 67.6 Å². The molecule has 1 amide bonds. The molecule has 3 aromatic rings. The number of nitrogens with zero attached hydrogens (tertiary/aromatic N) is 1. The molecule has 0 saturated heterocycles. The van der Waals surface area contributed by atoms with Crippen molar-refractivity contribution in [1.29, 1.82) is 0 Å². The van der Waals surface area contributed by atoms with Gasteiger partial charge in [-0.1, -0.05) is 92.2 Å². The van der Waals surface area contributed by atoms with Gasteiger partial charge in [0.1, 0.15) is 0 Å². The standard InChI is InChI=1S/C27H32N2O5S/c1-2-11-23-16-9-10-17-26(23)35(33,34)28-19-25(30)24(18-21-12-5-3-6-13-21)29(27(31)32)20-22-14-7-4-8-15-22/h3-10,12-17,24-25,28,30H,2,11,18-20H2,1H3,(H,31,32)/t24?,25-/m1/s1. The lowest BCUT2D eigenvalue weighted by atomic mass is 9.99. The molecule has 0 bridgehead atoms. The first-order chi connectivity index (χ1) is 16.8. The van der Waals surface area contributed by atoms with E-state index in [9.17, 15) is 23.4 Å². The molecule has 0 saturated carbocycles. The minimum absolute atomic E-state index is 0.0663. The number of aliphatic hydroxyl groups excluding tert-OH is 1. The van der Waals surface area contributed by atoms with Crippen LogP contribution in [0, 0.1) is 0 Å². The average molecular weight is 497 g/mol. The number of aliphatic hydroxyl groups is 1. The average Bonchev–Trinajstić information content (AvgIpc) is 2.86. The number of aryl methyl sites for hydroxylation is 1. The van der Waals surface area contributed by atoms with Gasteiger partial charge in [-0.2, -0.15) is 0 Å². The Balaban J connectivity index is 1.84. The molecule has 3 N–H and O–H groups in total. The smallest absolute Gasteiger partial charge is 0.407 e. The fraction of sp³-hybridized carbons (Fsp3) is 0.296. The number of nitrogens with one attached hydrogen (secondary N) is 1. The molecule has 0 aliphatic carbocycles. The zero-order valence-electron chi connectivity index (χ0n) is 19.7. The van der Waals surface area contributed by atoms with Gasteiger partial charge >= 0.3 is 6.09 Å². The minimum atomic E-state index is -3.90. The molecule has 0 heterocycles. The molecule has 0 fully saturated rings. The summed E-state index contributed by atoms with van der Waals surface area (Å²) in [6.45, 7) is 1.72. The Bertz CT molecular complexity index is 1190. The van der Waals surface area contributed by atoms with Crippen LogP contribution in [-0.2, 0) is 29.4 Å². The van der Waals surface area contributed by atoms with Crippen molar-refractivity contribution in [2.24, 2.45) is 0 Å². The van der Waals surface area contributed by atoms with Gasteiger partial charge in [-0.3, -0.25) is 4.90 Å². The van der Waals surface area contributed by atoms with Crippen LogP contribution in [0.15, 0.2) is 89.8 Å². The molecule has 35 heavy (non-hydrogen) atoms. The molecule has 2 atom stereocenters. The van der Waals surface area contributed by atoms with Crippen molar-refractivity contribution in [2.45, 2.75) is 49.8 Å². The van der Waals surface area contributed by atoms with Gasteiger partial charge < -0.3 is 10.2 Å². The Morgan fingerprint density at radius 1 is 0.914 bits per heavy atom. The number of carboxylic acid groups (broad SMARTS) is 1. The third-order valence-electron chi connectivity index (χ3n) is 5.84. The summed E-state index contributed by atoms with van der Waals surface area (Å²) in [5.74, 6) is 0. The SMILES string of the molecule is CCCc1ccccc1S(=O)(=O)NC[C@@H](O)C(Cc1ccccc1)N(Cc1ccccc1)C(=O)O. The largest absolute Gasteiger partial charge is 0.465 e. The molecule has 3 rings (SSSR count). The van der Waals surface area contributed by atoms with E-state index >= 15 is 0 Å². The molecule has 186 valence electrons. The highest BCUT2D eigenvalue weighted by Gasteiger charge is 2.31. The van der Waals surface area contributed by atoms with Crippen molar-refractivity contribution in [2.75, 3.05) is 6.54 Å². The van der Waals surface area contributed by atoms with E-state index in [-0.39, 0.29) is 24.4 Å². The third kappa shape index (κ3) is 7.39. The van der Waals surface area contributed by atoms with E-state index in [0.29, 0.717) is 12.0 Å². The number of hydrogen-bond donors (Lipinski definition) is 3. The Morgan fingerprint density at radius 3 is 2.09 bits per heavy atom. The highest BCUT2D eigenvalue weighted by molar-refractivity contribution is 7.89. The lowest BCUT2D eigenvalue weighted by Crippen LogP contribution is -2.51. The van der Waals surface area contributed by atoms with E-state index in [0.717, 1.165) is 17.5 Å². The van der Waals surface area contributed by atoms with E-state index < -0.39 is 28.3 Å². The van der Waals surface area contributed by atoms with Crippen LogP contribution in [0.5, 0.6) is 0 Å². The van der Waals surface area contributed by atoms with Gasteiger partial charge in [-0.05, 0) is 35.6 Å². The van der Waals surface area contributed by atoms with Crippen molar-refractivity contribution in [3.05, 3.63) is 102 Å². The molecule has 3 aromatic carbocycles. The molecule has 0 spiro atoms. The molecule has 7 nitrogen and oxygen atoms in total. The summed E-state index contributed by atoms with van der Waals surface area (Å²) in [5.41, 5.74) is 2.32. The van der Waals surface area contributed by atoms with Gasteiger partial charge in [0, 0.05) is 13.1 Å². The first-order valence-electron chi connectivity index (χ1n) is 11.6. The zero-order chi connectivity index (χ0) is 25.3. The summed E-state index contributed by atoms with van der Waals surface area (Å²) >= 11 is 0. The number of carbonyl (C=O) groups is 1. The normalized spacial score (nSPS) is 13.2. The second kappa shape index (κ2) is 12.5. The Morgan fingerprint density at radius 2 is 1.49 bits per heavy atom. The number of hydrogen-bond acceptors (Lipinski definition) is 4. The van der Waals surface area contributed by atoms with Gasteiger partial charge in [-0.15, -0.1) is 0 Å². The van der Waals surface area contributed by atoms with Gasteiger partial charge in [-0.25, -0.2) is 17.9 Å². The predicted octanol–water partition coefficient (Wildman–Crippen LogP) is 4.07. The maximum absolute atomic E-state index is 13.1. The van der Waals surface area contributed by atoms with Crippen molar-refractivity contribution >= 4 is 16.1 Å². The summed E-state index contributed by atoms with van der Waals surface area (Å²) in [5, 5.41) is 21.1. The van der Waals surface area contributed by atoms with Crippen LogP contribution in [0.1, 0.15) is 30.0 Å². The van der Waals surface area contributed by atoms with Crippen LogP contribution in [0.3, 0.4) is 0 Å². The van der Waals surface area contributed by atoms with Crippen LogP contribution in [0.4, 0.5) is 4.79 Å². The first kappa shape index (κ1) is 26.4. The molecule has 0 aliphatic heterocycles. The van der Waals surface area contributed by atoms with Crippen molar-refractivity contribution in [3.63, 3.8) is 0 Å². The van der Waals surface area contributed by atoms with Crippen LogP contribution in [-0.4, -0.2) is 48.3 Å². The molecule has 8 heteroatoms. The second-order valence-electron chi connectivity index (χ2n) is 8.43. The summed E-state index contributed by atoms with van der Waals surface area (Å²) < 4.78 is 28.6. The number of benzene rings is 3. The fourth-order valence-corrected chi connectivity index (χ4v) is 5.39. The monoisotopic (exact) mass is 496 g/mol. The quantitative estimate of drug-likeness (QED) is 0.350. The summed E-state index contributed by atoms with van der Waals surface area (Å²) in [4.78, 5) is 13.6. The lowest BCUT2D eigenvalue weighted by Gasteiger charge is -2.33. The van der Waals surface area contributed by atoms with Gasteiger partial charge in [0.15, 0.2) is 0 Å². The second-order valence-corrected chi connectivity index (χ2v) is 10.2. The summed E-state index contributed by atoms with van der Waals surface area (Å²) in [7, 11) is -3.90. The minimum Gasteiger partial charge on any atom is -0.465 e. The van der Waals surface area contributed by atoms with Crippen LogP contribution in [0.25, 0.3) is 0 Å². The molecule has 0 aromatic heterocycles. The lowest BCUT2D eigenvalue weighted by molar-refractivity contribution is 0.0469. The van der Waals surface area contributed by atoms with Gasteiger partial charge in [0.2, 0.25) is 10.0 Å².